The summed E-state index contributed by atoms with van der Waals surface area (Å²) in [6.45, 7) is 2.60. The predicted molar refractivity (Wildman–Crippen MR) is 89.4 cm³/mol. The Balaban J connectivity index is 4.18. The number of carboxylic acids is 1. The standard InChI is InChI=1S/C18H31NO4/c1-5-6-7-8-9-10-11-12-13-18(22)23-16(14-17(20)21)15-19(2,3)4/h9-12,16H,5-8,13-15H2,1-4H3/b10-9+,12-11+. The highest BCUT2D eigenvalue weighted by Crippen LogP contribution is 2.06. The summed E-state index contributed by atoms with van der Waals surface area (Å²) in [5.41, 5.74) is 0. The first-order valence-electron chi connectivity index (χ1n) is 8.26. The van der Waals surface area contributed by atoms with Gasteiger partial charge in [-0.15, -0.1) is 0 Å². The van der Waals surface area contributed by atoms with Crippen molar-refractivity contribution in [2.75, 3.05) is 27.7 Å². The third kappa shape index (κ3) is 15.1. The molecule has 0 N–H and O–H groups in total. The molecule has 132 valence electrons. The molecular formula is C18H31NO4. The minimum Gasteiger partial charge on any atom is -0.550 e. The fraction of sp³-hybridized carbons (Fsp3) is 0.667. The molecule has 1 atom stereocenters. The summed E-state index contributed by atoms with van der Waals surface area (Å²) in [7, 11) is 5.75. The summed E-state index contributed by atoms with van der Waals surface area (Å²) < 4.78 is 5.76. The molecule has 23 heavy (non-hydrogen) atoms. The minimum absolute atomic E-state index is 0.139. The monoisotopic (exact) mass is 325 g/mol. The van der Waals surface area contributed by atoms with Crippen LogP contribution >= 0.6 is 0 Å². The number of aliphatic carboxylic acids is 1. The zero-order chi connectivity index (χ0) is 17.7. The van der Waals surface area contributed by atoms with Crippen molar-refractivity contribution >= 4 is 11.9 Å². The van der Waals surface area contributed by atoms with Crippen molar-refractivity contribution in [3.63, 3.8) is 0 Å². The van der Waals surface area contributed by atoms with Gasteiger partial charge in [0.05, 0.1) is 27.6 Å². The highest BCUT2D eigenvalue weighted by atomic mass is 16.5. The molecular weight excluding hydrogens is 294 g/mol. The van der Waals surface area contributed by atoms with Crippen LogP contribution in [0.5, 0.6) is 0 Å². The number of hydrogen-bond donors (Lipinski definition) is 0. The number of allylic oxidation sites excluding steroid dienone is 3. The molecule has 1 unspecified atom stereocenters. The molecule has 5 nitrogen and oxygen atoms in total. The van der Waals surface area contributed by atoms with Crippen LogP contribution in [-0.4, -0.2) is 50.2 Å². The Bertz CT molecular complexity index is 408. The molecule has 0 spiro atoms. The largest absolute Gasteiger partial charge is 0.550 e. The van der Waals surface area contributed by atoms with Crippen LogP contribution in [0.2, 0.25) is 0 Å². The first-order chi connectivity index (χ1) is 10.7. The molecule has 5 heteroatoms. The molecule has 0 aromatic carbocycles. The van der Waals surface area contributed by atoms with Crippen LogP contribution in [0.15, 0.2) is 24.3 Å². The first-order valence-corrected chi connectivity index (χ1v) is 8.26. The van der Waals surface area contributed by atoms with Crippen molar-refractivity contribution in [2.45, 2.75) is 51.6 Å². The second kappa shape index (κ2) is 11.9. The van der Waals surface area contributed by atoms with Crippen molar-refractivity contribution < 1.29 is 23.9 Å². The van der Waals surface area contributed by atoms with Gasteiger partial charge in [0.25, 0.3) is 0 Å². The maximum absolute atomic E-state index is 11.8. The second-order valence-electron chi connectivity index (χ2n) is 6.72. The Labute approximate surface area is 140 Å². The van der Waals surface area contributed by atoms with Gasteiger partial charge in [0.1, 0.15) is 6.54 Å². The van der Waals surface area contributed by atoms with Crippen LogP contribution in [0.1, 0.15) is 45.4 Å². The number of nitrogens with zero attached hydrogens (tertiary/aromatic N) is 1. The number of hydrogen-bond acceptors (Lipinski definition) is 4. The van der Waals surface area contributed by atoms with E-state index in [0.717, 1.165) is 6.42 Å². The van der Waals surface area contributed by atoms with Crippen LogP contribution in [-0.2, 0) is 14.3 Å². The Morgan fingerprint density at radius 3 is 2.35 bits per heavy atom. The molecule has 0 aliphatic heterocycles. The maximum atomic E-state index is 11.8. The van der Waals surface area contributed by atoms with E-state index in [2.05, 4.69) is 13.0 Å². The van der Waals surface area contributed by atoms with Gasteiger partial charge in [-0.05, 0) is 12.8 Å². The van der Waals surface area contributed by atoms with E-state index in [1.807, 2.05) is 33.3 Å². The number of unbranched alkanes of at least 4 members (excludes halogenated alkanes) is 3. The molecule has 0 aliphatic rings. The molecule has 0 heterocycles. The average Bonchev–Trinajstić information content (AvgIpc) is 2.39. The Morgan fingerprint density at radius 1 is 1.13 bits per heavy atom. The van der Waals surface area contributed by atoms with Gasteiger partial charge < -0.3 is 19.1 Å². The average molecular weight is 325 g/mol. The van der Waals surface area contributed by atoms with Gasteiger partial charge in [0.2, 0.25) is 0 Å². The van der Waals surface area contributed by atoms with E-state index in [1.165, 1.54) is 19.3 Å². The van der Waals surface area contributed by atoms with E-state index < -0.39 is 18.0 Å². The molecule has 0 saturated heterocycles. The SMILES string of the molecule is CCCCC/C=C/C=C/CC(=O)OC(CC(=O)[O-])C[N+](C)(C)C. The van der Waals surface area contributed by atoms with Crippen molar-refractivity contribution in [2.24, 2.45) is 0 Å². The number of carbonyl (C=O) groups is 2. The zero-order valence-electron chi connectivity index (χ0n) is 14.9. The highest BCUT2D eigenvalue weighted by molar-refractivity contribution is 5.72. The lowest BCUT2D eigenvalue weighted by Gasteiger charge is -2.29. The van der Waals surface area contributed by atoms with Crippen LogP contribution < -0.4 is 5.11 Å². The fourth-order valence-electron chi connectivity index (χ4n) is 2.10. The first kappa shape index (κ1) is 21.4. The number of ether oxygens (including phenoxy) is 1. The molecule has 0 rings (SSSR count). The topological polar surface area (TPSA) is 66.4 Å². The predicted octanol–water partition coefficient (Wildman–Crippen LogP) is 1.83. The Hall–Kier alpha value is -1.62. The summed E-state index contributed by atoms with van der Waals surface area (Å²) >= 11 is 0. The van der Waals surface area contributed by atoms with E-state index in [0.29, 0.717) is 11.0 Å². The number of esters is 1. The van der Waals surface area contributed by atoms with Crippen molar-refractivity contribution in [3.8, 4) is 0 Å². The van der Waals surface area contributed by atoms with Gasteiger partial charge in [-0.1, -0.05) is 44.1 Å². The highest BCUT2D eigenvalue weighted by Gasteiger charge is 2.21. The van der Waals surface area contributed by atoms with Crippen molar-refractivity contribution in [3.05, 3.63) is 24.3 Å². The summed E-state index contributed by atoms with van der Waals surface area (Å²) in [6.07, 6.45) is 11.4. The van der Waals surface area contributed by atoms with Gasteiger partial charge in [-0.2, -0.15) is 0 Å². The number of carbonyl (C=O) groups excluding carboxylic acids is 2. The van der Waals surface area contributed by atoms with E-state index in [9.17, 15) is 14.7 Å². The normalized spacial score (nSPS) is 13.6. The van der Waals surface area contributed by atoms with Crippen molar-refractivity contribution in [1.82, 2.24) is 0 Å². The van der Waals surface area contributed by atoms with Crippen LogP contribution in [0.3, 0.4) is 0 Å². The maximum Gasteiger partial charge on any atom is 0.310 e. The smallest absolute Gasteiger partial charge is 0.310 e. The van der Waals surface area contributed by atoms with E-state index in [4.69, 9.17) is 4.74 Å². The summed E-state index contributed by atoms with van der Waals surface area (Å²) in [6, 6.07) is 0. The Kier molecular flexibility index (Phi) is 11.0. The van der Waals surface area contributed by atoms with Gasteiger partial charge in [-0.25, -0.2) is 0 Å². The summed E-state index contributed by atoms with van der Waals surface area (Å²) in [5, 5.41) is 10.8. The van der Waals surface area contributed by atoms with Gasteiger partial charge in [0, 0.05) is 12.4 Å². The number of likely N-dealkylation sites (N-methyl/N-ethyl adjacent to an activating group) is 1. The minimum atomic E-state index is -1.21. The van der Waals surface area contributed by atoms with Crippen molar-refractivity contribution in [1.29, 1.82) is 0 Å². The van der Waals surface area contributed by atoms with E-state index in [1.54, 1.807) is 6.08 Å². The van der Waals surface area contributed by atoms with E-state index >= 15 is 0 Å². The molecule has 0 amide bonds. The molecule has 0 radical (unpaired) electrons. The fourth-order valence-corrected chi connectivity index (χ4v) is 2.10. The third-order valence-corrected chi connectivity index (χ3v) is 3.09. The van der Waals surface area contributed by atoms with Gasteiger partial charge in [-0.3, -0.25) is 4.79 Å². The molecule has 0 fully saturated rings. The second-order valence-corrected chi connectivity index (χ2v) is 6.72. The van der Waals surface area contributed by atoms with Crippen LogP contribution in [0, 0.1) is 0 Å². The lowest BCUT2D eigenvalue weighted by atomic mass is 10.2. The number of carboxylic acid groups (broad SMARTS) is 1. The molecule has 0 aromatic heterocycles. The third-order valence-electron chi connectivity index (χ3n) is 3.09. The Morgan fingerprint density at radius 2 is 1.78 bits per heavy atom. The molecule has 0 aliphatic carbocycles. The van der Waals surface area contributed by atoms with Crippen LogP contribution in [0.4, 0.5) is 0 Å². The van der Waals surface area contributed by atoms with E-state index in [-0.39, 0.29) is 12.8 Å². The zero-order valence-corrected chi connectivity index (χ0v) is 14.9. The lowest BCUT2D eigenvalue weighted by molar-refractivity contribution is -0.873. The summed E-state index contributed by atoms with van der Waals surface area (Å²) in [4.78, 5) is 22.5. The van der Waals surface area contributed by atoms with Gasteiger partial charge >= 0.3 is 5.97 Å². The van der Waals surface area contributed by atoms with Crippen LogP contribution in [0.25, 0.3) is 0 Å². The molecule has 0 bridgehead atoms. The molecule has 0 saturated carbocycles. The quantitative estimate of drug-likeness (QED) is 0.238. The molecule has 0 aromatic rings. The van der Waals surface area contributed by atoms with Gasteiger partial charge in [0.15, 0.2) is 6.10 Å². The number of quaternary nitrogens is 1. The lowest BCUT2D eigenvalue weighted by Crippen LogP contribution is -2.45. The summed E-state index contributed by atoms with van der Waals surface area (Å²) in [5.74, 6) is -1.62. The number of rotatable bonds is 12.